The molecule has 2 nitrogen and oxygen atoms in total. The van der Waals surface area contributed by atoms with Gasteiger partial charge in [-0.15, -0.1) is 0 Å². The molecule has 0 spiro atoms. The Kier molecular flexibility index (Phi) is 5.50. The summed E-state index contributed by atoms with van der Waals surface area (Å²) in [5, 5.41) is 3.46. The number of piperidine rings is 1. The van der Waals surface area contributed by atoms with Crippen LogP contribution >= 0.6 is 0 Å². The average Bonchev–Trinajstić information content (AvgIpc) is 2.40. The Hall–Kier alpha value is -0.0800. The van der Waals surface area contributed by atoms with E-state index in [1.165, 1.54) is 58.2 Å². The molecule has 2 unspecified atom stereocenters. The van der Waals surface area contributed by atoms with Crippen molar-refractivity contribution in [1.82, 2.24) is 10.2 Å². The highest BCUT2D eigenvalue weighted by Gasteiger charge is 2.27. The highest BCUT2D eigenvalue weighted by atomic mass is 15.1. The van der Waals surface area contributed by atoms with Crippen LogP contribution in [0.2, 0.25) is 0 Å². The van der Waals surface area contributed by atoms with Gasteiger partial charge in [0.1, 0.15) is 0 Å². The first-order valence-electron chi connectivity index (χ1n) is 8.12. The van der Waals surface area contributed by atoms with Gasteiger partial charge in [0.25, 0.3) is 0 Å². The van der Waals surface area contributed by atoms with Gasteiger partial charge in [-0.2, -0.15) is 0 Å². The van der Waals surface area contributed by atoms with Gasteiger partial charge in [-0.3, -0.25) is 0 Å². The van der Waals surface area contributed by atoms with Crippen molar-refractivity contribution < 1.29 is 0 Å². The van der Waals surface area contributed by atoms with Crippen LogP contribution in [0.15, 0.2) is 0 Å². The number of likely N-dealkylation sites (tertiary alicyclic amines) is 1. The molecule has 1 aliphatic heterocycles. The summed E-state index contributed by atoms with van der Waals surface area (Å²) in [5.74, 6) is 2.84. The highest BCUT2D eigenvalue weighted by Crippen LogP contribution is 2.31. The molecule has 2 atom stereocenters. The summed E-state index contributed by atoms with van der Waals surface area (Å²) in [4.78, 5) is 2.73. The van der Waals surface area contributed by atoms with Crippen molar-refractivity contribution >= 4 is 0 Å². The van der Waals surface area contributed by atoms with E-state index in [1.807, 2.05) is 0 Å². The summed E-state index contributed by atoms with van der Waals surface area (Å²) in [5.41, 5.74) is 0. The summed E-state index contributed by atoms with van der Waals surface area (Å²) >= 11 is 0. The number of hydrogen-bond acceptors (Lipinski definition) is 2. The zero-order chi connectivity index (χ0) is 13.0. The second kappa shape index (κ2) is 6.91. The number of nitrogens with zero attached hydrogens (tertiary/aromatic N) is 1. The number of hydrogen-bond donors (Lipinski definition) is 1. The van der Waals surface area contributed by atoms with Crippen LogP contribution in [0.25, 0.3) is 0 Å². The molecule has 1 saturated carbocycles. The Labute approximate surface area is 114 Å². The number of rotatable bonds is 4. The summed E-state index contributed by atoms with van der Waals surface area (Å²) in [6.07, 6.45) is 8.68. The Morgan fingerprint density at radius 2 is 1.72 bits per heavy atom. The van der Waals surface area contributed by atoms with Crippen LogP contribution in [0.3, 0.4) is 0 Å². The van der Waals surface area contributed by atoms with Crippen LogP contribution in [0.1, 0.15) is 52.4 Å². The SMILES string of the molecule is CCC1CCC(CN2CCC(NC)C(C)C2)CC1. The molecule has 1 N–H and O–H groups in total. The maximum Gasteiger partial charge on any atom is 0.0114 e. The normalized spacial score (nSPS) is 38.8. The third kappa shape index (κ3) is 3.71. The van der Waals surface area contributed by atoms with E-state index in [9.17, 15) is 0 Å². The van der Waals surface area contributed by atoms with Gasteiger partial charge in [-0.05, 0) is 50.6 Å². The molecular formula is C16H32N2. The fourth-order valence-electron chi connectivity index (χ4n) is 4.01. The van der Waals surface area contributed by atoms with Crippen LogP contribution in [0, 0.1) is 17.8 Å². The first-order valence-corrected chi connectivity index (χ1v) is 8.12. The zero-order valence-electron chi connectivity index (χ0n) is 12.6. The molecule has 0 aromatic carbocycles. The van der Waals surface area contributed by atoms with Gasteiger partial charge >= 0.3 is 0 Å². The number of nitrogens with one attached hydrogen (secondary N) is 1. The first-order chi connectivity index (χ1) is 8.72. The highest BCUT2D eigenvalue weighted by molar-refractivity contribution is 4.83. The molecule has 0 aromatic heterocycles. The van der Waals surface area contributed by atoms with E-state index in [1.54, 1.807) is 0 Å². The van der Waals surface area contributed by atoms with Gasteiger partial charge < -0.3 is 10.2 Å². The molecule has 0 aromatic rings. The molecule has 1 heterocycles. The lowest BCUT2D eigenvalue weighted by atomic mass is 9.80. The van der Waals surface area contributed by atoms with Crippen molar-refractivity contribution in [1.29, 1.82) is 0 Å². The third-order valence-electron chi connectivity index (χ3n) is 5.42. The Bertz CT molecular complexity index is 233. The summed E-state index contributed by atoms with van der Waals surface area (Å²) < 4.78 is 0. The van der Waals surface area contributed by atoms with Crippen LogP contribution in [-0.2, 0) is 0 Å². The zero-order valence-corrected chi connectivity index (χ0v) is 12.6. The molecule has 2 heteroatoms. The standard InChI is InChI=1S/C16H32N2/c1-4-14-5-7-15(8-6-14)12-18-10-9-16(17-3)13(2)11-18/h13-17H,4-12H2,1-3H3. The summed E-state index contributed by atoms with van der Waals surface area (Å²) in [7, 11) is 2.11. The average molecular weight is 252 g/mol. The lowest BCUT2D eigenvalue weighted by Crippen LogP contribution is -2.48. The van der Waals surface area contributed by atoms with Crippen LogP contribution in [0.5, 0.6) is 0 Å². The third-order valence-corrected chi connectivity index (χ3v) is 5.42. The minimum atomic E-state index is 0.747. The van der Waals surface area contributed by atoms with E-state index in [2.05, 4.69) is 31.1 Å². The lowest BCUT2D eigenvalue weighted by molar-refractivity contribution is 0.114. The lowest BCUT2D eigenvalue weighted by Gasteiger charge is -2.39. The monoisotopic (exact) mass is 252 g/mol. The van der Waals surface area contributed by atoms with Gasteiger partial charge in [-0.1, -0.05) is 33.1 Å². The second-order valence-electron chi connectivity index (χ2n) is 6.72. The second-order valence-corrected chi connectivity index (χ2v) is 6.72. The minimum Gasteiger partial charge on any atom is -0.317 e. The quantitative estimate of drug-likeness (QED) is 0.827. The predicted molar refractivity (Wildman–Crippen MR) is 78.8 cm³/mol. The van der Waals surface area contributed by atoms with Crippen molar-refractivity contribution in [2.45, 2.75) is 58.4 Å². The van der Waals surface area contributed by atoms with Crippen molar-refractivity contribution in [3.05, 3.63) is 0 Å². The van der Waals surface area contributed by atoms with E-state index in [0.717, 1.165) is 23.8 Å². The largest absolute Gasteiger partial charge is 0.317 e. The van der Waals surface area contributed by atoms with Gasteiger partial charge in [0.15, 0.2) is 0 Å². The molecule has 1 aliphatic carbocycles. The molecule has 106 valence electrons. The fraction of sp³-hybridized carbons (Fsp3) is 1.00. The Morgan fingerprint density at radius 3 is 2.28 bits per heavy atom. The van der Waals surface area contributed by atoms with E-state index in [-0.39, 0.29) is 0 Å². The summed E-state index contributed by atoms with van der Waals surface area (Å²) in [6, 6.07) is 0.747. The van der Waals surface area contributed by atoms with E-state index >= 15 is 0 Å². The van der Waals surface area contributed by atoms with E-state index in [4.69, 9.17) is 0 Å². The predicted octanol–water partition coefficient (Wildman–Crippen LogP) is 3.13. The maximum absolute atomic E-state index is 3.46. The first kappa shape index (κ1) is 14.3. The van der Waals surface area contributed by atoms with Crippen LogP contribution in [-0.4, -0.2) is 37.6 Å². The van der Waals surface area contributed by atoms with Crippen LogP contribution < -0.4 is 5.32 Å². The van der Waals surface area contributed by atoms with Crippen molar-refractivity contribution in [2.75, 3.05) is 26.7 Å². The molecule has 2 fully saturated rings. The molecule has 0 radical (unpaired) electrons. The molecular weight excluding hydrogens is 220 g/mol. The van der Waals surface area contributed by atoms with Gasteiger partial charge in [0, 0.05) is 19.1 Å². The van der Waals surface area contributed by atoms with Crippen molar-refractivity contribution in [3.63, 3.8) is 0 Å². The van der Waals surface area contributed by atoms with Crippen molar-refractivity contribution in [2.24, 2.45) is 17.8 Å². The maximum atomic E-state index is 3.46. The van der Waals surface area contributed by atoms with Gasteiger partial charge in [-0.25, -0.2) is 0 Å². The Morgan fingerprint density at radius 1 is 1.06 bits per heavy atom. The molecule has 1 saturated heterocycles. The van der Waals surface area contributed by atoms with E-state index in [0.29, 0.717) is 0 Å². The minimum absolute atomic E-state index is 0.747. The van der Waals surface area contributed by atoms with Crippen LogP contribution in [0.4, 0.5) is 0 Å². The van der Waals surface area contributed by atoms with Gasteiger partial charge in [0.2, 0.25) is 0 Å². The van der Waals surface area contributed by atoms with Crippen molar-refractivity contribution in [3.8, 4) is 0 Å². The molecule has 2 rings (SSSR count). The fourth-order valence-corrected chi connectivity index (χ4v) is 4.01. The smallest absolute Gasteiger partial charge is 0.0114 e. The Balaban J connectivity index is 1.71. The molecule has 0 amide bonds. The van der Waals surface area contributed by atoms with Gasteiger partial charge in [0.05, 0.1) is 0 Å². The summed E-state index contributed by atoms with van der Waals surface area (Å²) in [6.45, 7) is 8.75. The topological polar surface area (TPSA) is 15.3 Å². The van der Waals surface area contributed by atoms with E-state index < -0.39 is 0 Å². The molecule has 0 bridgehead atoms. The molecule has 18 heavy (non-hydrogen) atoms. The molecule has 2 aliphatic rings.